The summed E-state index contributed by atoms with van der Waals surface area (Å²) in [4.78, 5) is 49.6. The minimum atomic E-state index is -1.66. The standard InChI is InChI=1S/C16H17N3O7S2.C16H20N2/c1-25-16(18-10(20)5-9-3-2-4-27-9)13(23)19-11(12(21)22)8(6-26-15(17)24)7-28-14(16)19;1-3-7-15(8-4-1)13-17-11-12-18-14-16-9-5-2-6-10-16/h2-4,14H,5-7H2,1H3,(H2,17,24)(H,18,20)(H,21,22);1-10,17-18H,11-14H2/t14-,16+;/m1./s1. The Hall–Kier alpha value is -4.21. The summed E-state index contributed by atoms with van der Waals surface area (Å²) in [5, 5.41) is 20.1. The molecule has 6 N–H and O–H groups in total. The molecule has 2 aromatic carbocycles. The molecule has 2 aliphatic rings. The van der Waals surface area contributed by atoms with Crippen molar-refractivity contribution in [2.24, 2.45) is 5.73 Å². The second-order valence-electron chi connectivity index (χ2n) is 10.3. The molecule has 12 nitrogen and oxygen atoms in total. The predicted octanol–water partition coefficient (Wildman–Crippen LogP) is 2.66. The zero-order chi connectivity index (χ0) is 32.9. The number of fused-ring (bicyclic) bond motifs is 1. The highest BCUT2D eigenvalue weighted by Gasteiger charge is 2.66. The molecular formula is C32H37N5O7S2. The first kappa shape index (κ1) is 34.7. The molecule has 0 saturated carbocycles. The van der Waals surface area contributed by atoms with E-state index >= 15 is 0 Å². The summed E-state index contributed by atoms with van der Waals surface area (Å²) in [7, 11) is 1.27. The lowest BCUT2D eigenvalue weighted by Gasteiger charge is -2.55. The Bertz CT molecular complexity index is 1460. The number of β-lactam (4-membered cyclic amide) rings is 1. The number of carbonyl (C=O) groups excluding carboxylic acids is 3. The van der Waals surface area contributed by atoms with Crippen molar-refractivity contribution in [3.05, 3.63) is 105 Å². The predicted molar refractivity (Wildman–Crippen MR) is 175 cm³/mol. The van der Waals surface area contributed by atoms with Crippen LogP contribution in [0.1, 0.15) is 16.0 Å². The number of carbonyl (C=O) groups is 4. The lowest BCUT2D eigenvalue weighted by Crippen LogP contribution is -2.80. The second kappa shape index (κ2) is 16.9. The van der Waals surface area contributed by atoms with Gasteiger partial charge in [-0.15, -0.1) is 23.1 Å². The summed E-state index contributed by atoms with van der Waals surface area (Å²) in [5.74, 6) is -2.31. The Kier molecular flexibility index (Phi) is 12.7. The third-order valence-electron chi connectivity index (χ3n) is 7.09. The number of methoxy groups -OCH3 is 1. The number of carboxylic acids is 1. The molecule has 0 aliphatic carbocycles. The molecule has 3 heterocycles. The van der Waals surface area contributed by atoms with Crippen LogP contribution in [0.25, 0.3) is 0 Å². The van der Waals surface area contributed by atoms with E-state index in [0.29, 0.717) is 0 Å². The van der Waals surface area contributed by atoms with Crippen LogP contribution in [0.2, 0.25) is 0 Å². The van der Waals surface area contributed by atoms with Crippen LogP contribution in [-0.4, -0.2) is 77.5 Å². The first-order valence-corrected chi connectivity index (χ1v) is 16.4. The minimum absolute atomic E-state index is 0.0762. The molecule has 0 radical (unpaired) electrons. The number of amides is 3. The van der Waals surface area contributed by atoms with Crippen molar-refractivity contribution in [3.8, 4) is 0 Å². The number of ether oxygens (including phenoxy) is 2. The summed E-state index contributed by atoms with van der Waals surface area (Å²) in [6.45, 7) is 3.51. The van der Waals surface area contributed by atoms with Gasteiger partial charge in [0.05, 0.1) is 6.42 Å². The lowest BCUT2D eigenvalue weighted by atomic mass is 9.98. The molecule has 5 rings (SSSR count). The fourth-order valence-corrected chi connectivity index (χ4v) is 6.99. The van der Waals surface area contributed by atoms with Gasteiger partial charge in [-0.3, -0.25) is 14.5 Å². The number of carboxylic acid groups (broad SMARTS) is 1. The highest BCUT2D eigenvalue weighted by Crippen LogP contribution is 2.46. The molecule has 0 bridgehead atoms. The summed E-state index contributed by atoms with van der Waals surface area (Å²) >= 11 is 2.60. The average molecular weight is 668 g/mol. The third kappa shape index (κ3) is 8.95. The highest BCUT2D eigenvalue weighted by atomic mass is 32.2. The molecule has 0 spiro atoms. The average Bonchev–Trinajstić information content (AvgIpc) is 3.57. The Morgan fingerprint density at radius 3 is 2.09 bits per heavy atom. The van der Waals surface area contributed by atoms with Crippen molar-refractivity contribution in [2.75, 3.05) is 32.6 Å². The molecule has 46 heavy (non-hydrogen) atoms. The number of nitrogens with zero attached hydrogens (tertiary/aromatic N) is 1. The fraction of sp³-hybridized carbons (Fsp3) is 0.312. The maximum atomic E-state index is 12.8. The Balaban J connectivity index is 0.000000230. The fourth-order valence-electron chi connectivity index (χ4n) is 4.87. The molecule has 2 atom stereocenters. The number of benzene rings is 2. The lowest BCUT2D eigenvalue weighted by molar-refractivity contribution is -0.192. The van der Waals surface area contributed by atoms with E-state index < -0.39 is 35.0 Å². The molecule has 3 aromatic rings. The van der Waals surface area contributed by atoms with E-state index in [0.717, 1.165) is 36.0 Å². The molecule has 3 amide bonds. The van der Waals surface area contributed by atoms with Gasteiger partial charge in [0.2, 0.25) is 5.91 Å². The van der Waals surface area contributed by atoms with E-state index in [9.17, 15) is 24.3 Å². The topological polar surface area (TPSA) is 172 Å². The molecule has 1 fully saturated rings. The van der Waals surface area contributed by atoms with Crippen molar-refractivity contribution in [1.82, 2.24) is 20.9 Å². The van der Waals surface area contributed by atoms with E-state index in [4.69, 9.17) is 10.5 Å². The van der Waals surface area contributed by atoms with Crippen LogP contribution in [0, 0.1) is 0 Å². The molecule has 0 unspecified atom stereocenters. The number of hydrogen-bond donors (Lipinski definition) is 5. The Labute approximate surface area is 275 Å². The molecule has 1 saturated heterocycles. The first-order chi connectivity index (χ1) is 22.2. The maximum absolute atomic E-state index is 12.8. The van der Waals surface area contributed by atoms with Crippen molar-refractivity contribution >= 4 is 47.0 Å². The summed E-state index contributed by atoms with van der Waals surface area (Å²) in [5.41, 5.74) is 5.87. The second-order valence-corrected chi connectivity index (χ2v) is 12.4. The maximum Gasteiger partial charge on any atom is 0.404 e. The molecule has 1 aromatic heterocycles. The number of aliphatic carboxylic acids is 1. The first-order valence-electron chi connectivity index (χ1n) is 14.5. The van der Waals surface area contributed by atoms with Crippen LogP contribution >= 0.6 is 23.1 Å². The Morgan fingerprint density at radius 2 is 1.59 bits per heavy atom. The normalized spacial score (nSPS) is 18.5. The van der Waals surface area contributed by atoms with Gasteiger partial charge in [0.25, 0.3) is 11.6 Å². The molecule has 14 heteroatoms. The van der Waals surface area contributed by atoms with Gasteiger partial charge >= 0.3 is 12.1 Å². The largest absolute Gasteiger partial charge is 0.477 e. The summed E-state index contributed by atoms with van der Waals surface area (Å²) < 4.78 is 10.0. The van der Waals surface area contributed by atoms with Crippen LogP contribution < -0.4 is 21.7 Å². The van der Waals surface area contributed by atoms with Crippen LogP contribution in [0.4, 0.5) is 4.79 Å². The SMILES string of the molecule is CO[C@@]1(NC(=O)Cc2cccs2)C(=O)N2C(C(=O)O)=C(COC(N)=O)CS[C@@H]21.c1ccc(CNCCNCc2ccccc2)cc1. The van der Waals surface area contributed by atoms with Crippen molar-refractivity contribution in [3.63, 3.8) is 0 Å². The number of rotatable bonds is 14. The monoisotopic (exact) mass is 667 g/mol. The zero-order valence-electron chi connectivity index (χ0n) is 25.3. The van der Waals surface area contributed by atoms with Gasteiger partial charge in [-0.05, 0) is 22.6 Å². The van der Waals surface area contributed by atoms with Crippen LogP contribution in [0.5, 0.6) is 0 Å². The Morgan fingerprint density at radius 1 is 0.978 bits per heavy atom. The number of nitrogens with one attached hydrogen (secondary N) is 3. The van der Waals surface area contributed by atoms with Gasteiger partial charge in [-0.1, -0.05) is 66.7 Å². The van der Waals surface area contributed by atoms with Crippen LogP contribution in [0.3, 0.4) is 0 Å². The van der Waals surface area contributed by atoms with E-state index in [1.807, 2.05) is 23.6 Å². The molecule has 244 valence electrons. The molecule has 2 aliphatic heterocycles. The quantitative estimate of drug-likeness (QED) is 0.0978. The number of primary amides is 1. The summed E-state index contributed by atoms with van der Waals surface area (Å²) in [6.07, 6.45) is -0.973. The van der Waals surface area contributed by atoms with Crippen molar-refractivity contribution in [2.45, 2.75) is 30.6 Å². The van der Waals surface area contributed by atoms with Gasteiger partial charge in [0.15, 0.2) is 0 Å². The van der Waals surface area contributed by atoms with Crippen molar-refractivity contribution < 1.29 is 33.8 Å². The third-order valence-corrected chi connectivity index (χ3v) is 9.34. The van der Waals surface area contributed by atoms with Crippen LogP contribution in [0.15, 0.2) is 89.4 Å². The number of hydrogen-bond acceptors (Lipinski definition) is 10. The van der Waals surface area contributed by atoms with E-state index in [1.165, 1.54) is 41.3 Å². The van der Waals surface area contributed by atoms with Gasteiger partial charge in [0, 0.05) is 49.5 Å². The van der Waals surface area contributed by atoms with Gasteiger partial charge in [-0.25, -0.2) is 9.59 Å². The summed E-state index contributed by atoms with van der Waals surface area (Å²) in [6, 6.07) is 24.6. The minimum Gasteiger partial charge on any atom is -0.477 e. The van der Waals surface area contributed by atoms with Crippen molar-refractivity contribution in [1.29, 1.82) is 0 Å². The van der Waals surface area contributed by atoms with E-state index in [2.05, 4.69) is 69.2 Å². The van der Waals surface area contributed by atoms with E-state index in [-0.39, 0.29) is 30.1 Å². The number of nitrogens with two attached hydrogens (primary N) is 1. The van der Waals surface area contributed by atoms with E-state index in [1.54, 1.807) is 6.07 Å². The van der Waals surface area contributed by atoms with Gasteiger partial charge in [0.1, 0.15) is 17.7 Å². The smallest absolute Gasteiger partial charge is 0.404 e. The zero-order valence-corrected chi connectivity index (χ0v) is 26.9. The van der Waals surface area contributed by atoms with Gasteiger partial charge < -0.3 is 36.3 Å². The van der Waals surface area contributed by atoms with Gasteiger partial charge in [-0.2, -0.15) is 0 Å². The number of thioether (sulfide) groups is 1. The highest BCUT2D eigenvalue weighted by molar-refractivity contribution is 8.00. The van der Waals surface area contributed by atoms with Crippen LogP contribution in [-0.2, 0) is 43.4 Å². The molecular weight excluding hydrogens is 631 g/mol. The number of thiophene rings is 1.